The van der Waals surface area contributed by atoms with Gasteiger partial charge in [-0.15, -0.1) is 11.6 Å². The largest absolute Gasteiger partial charge is 0.443 e. The molecular formula is C29H26ClN3O5S. The molecule has 3 aliphatic rings. The van der Waals surface area contributed by atoms with Gasteiger partial charge in [0, 0.05) is 36.7 Å². The lowest BCUT2D eigenvalue weighted by molar-refractivity contribution is 0.0580. The normalized spacial score (nSPS) is 17.7. The monoisotopic (exact) mass is 563 g/mol. The Bertz CT molecular complexity index is 1550. The van der Waals surface area contributed by atoms with Crippen molar-refractivity contribution < 1.29 is 23.9 Å². The lowest BCUT2D eigenvalue weighted by Crippen LogP contribution is -2.36. The third-order valence-electron chi connectivity index (χ3n) is 6.85. The van der Waals surface area contributed by atoms with Crippen LogP contribution in [0.3, 0.4) is 0 Å². The number of hydrogen-bond donors (Lipinski definition) is 0. The molecule has 3 aromatic carbocycles. The molecule has 0 aliphatic carbocycles. The zero-order valence-corrected chi connectivity index (χ0v) is 23.3. The molecule has 0 bridgehead atoms. The van der Waals surface area contributed by atoms with Crippen LogP contribution in [0.4, 0.5) is 16.2 Å². The number of ether oxygens (including phenoxy) is 2. The highest BCUT2D eigenvalue weighted by Crippen LogP contribution is 2.50. The summed E-state index contributed by atoms with van der Waals surface area (Å²) in [6.45, 7) is 6.15. The van der Waals surface area contributed by atoms with Crippen molar-refractivity contribution in [3.63, 3.8) is 0 Å². The molecule has 0 saturated heterocycles. The second-order valence-corrected chi connectivity index (χ2v) is 11.9. The average molecular weight is 564 g/mol. The van der Waals surface area contributed by atoms with Crippen molar-refractivity contribution in [1.82, 2.24) is 4.90 Å². The Morgan fingerprint density at radius 3 is 2.51 bits per heavy atom. The summed E-state index contributed by atoms with van der Waals surface area (Å²) >= 11 is 7.68. The van der Waals surface area contributed by atoms with Gasteiger partial charge in [-0.2, -0.15) is 0 Å². The minimum absolute atomic E-state index is 0.0575. The van der Waals surface area contributed by atoms with E-state index in [9.17, 15) is 14.4 Å². The summed E-state index contributed by atoms with van der Waals surface area (Å²) in [6.07, 6.45) is -0.431. The van der Waals surface area contributed by atoms with Crippen molar-refractivity contribution >= 4 is 68.6 Å². The van der Waals surface area contributed by atoms with E-state index in [1.807, 2.05) is 45.0 Å². The van der Waals surface area contributed by atoms with E-state index in [1.165, 1.54) is 16.7 Å². The van der Waals surface area contributed by atoms with Crippen LogP contribution in [-0.4, -0.2) is 58.4 Å². The highest BCUT2D eigenvalue weighted by Gasteiger charge is 2.38. The van der Waals surface area contributed by atoms with Gasteiger partial charge < -0.3 is 9.47 Å². The van der Waals surface area contributed by atoms with Crippen LogP contribution in [-0.2, 0) is 4.74 Å². The molecule has 1 atom stereocenters. The molecule has 0 radical (unpaired) electrons. The molecule has 0 saturated carbocycles. The van der Waals surface area contributed by atoms with E-state index in [0.29, 0.717) is 46.0 Å². The van der Waals surface area contributed by atoms with Gasteiger partial charge in [0.15, 0.2) is 0 Å². The summed E-state index contributed by atoms with van der Waals surface area (Å²) in [4.78, 5) is 46.1. The second-order valence-electron chi connectivity index (χ2n) is 10.6. The minimum atomic E-state index is -0.638. The van der Waals surface area contributed by atoms with Gasteiger partial charge in [0.25, 0.3) is 17.0 Å². The predicted molar refractivity (Wildman–Crippen MR) is 153 cm³/mol. The maximum absolute atomic E-state index is 13.1. The number of halogens is 1. The number of carbonyl (C=O) groups excluding carboxylic acids is 3. The molecule has 3 amide bonds. The minimum Gasteiger partial charge on any atom is -0.443 e. The number of anilines is 1. The molecule has 3 heterocycles. The first-order chi connectivity index (χ1) is 18.7. The van der Waals surface area contributed by atoms with Gasteiger partial charge in [0.05, 0.1) is 27.9 Å². The first-order valence-corrected chi connectivity index (χ1v) is 14.2. The molecule has 200 valence electrons. The second kappa shape index (κ2) is 9.57. The molecule has 1 unspecified atom stereocenters. The van der Waals surface area contributed by atoms with Crippen LogP contribution in [0, 0.1) is 0 Å². The highest BCUT2D eigenvalue weighted by atomic mass is 35.5. The zero-order chi connectivity index (χ0) is 27.5. The summed E-state index contributed by atoms with van der Waals surface area (Å²) in [5.41, 5.74) is 2.67. The number of imide groups is 1. The van der Waals surface area contributed by atoms with Crippen molar-refractivity contribution in [3.8, 4) is 5.75 Å². The molecule has 0 spiro atoms. The van der Waals surface area contributed by atoms with Gasteiger partial charge in [-0.05, 0) is 49.9 Å². The van der Waals surface area contributed by atoms with E-state index in [-0.39, 0.29) is 24.3 Å². The number of benzene rings is 3. The number of amides is 3. The summed E-state index contributed by atoms with van der Waals surface area (Å²) in [6, 6.07) is 14.5. The van der Waals surface area contributed by atoms with E-state index in [4.69, 9.17) is 26.1 Å². The molecule has 10 heteroatoms. The van der Waals surface area contributed by atoms with Gasteiger partial charge in [-0.1, -0.05) is 36.0 Å². The van der Waals surface area contributed by atoms with E-state index in [1.54, 1.807) is 29.2 Å². The predicted octanol–water partition coefficient (Wildman–Crippen LogP) is 6.33. The molecule has 0 aromatic heterocycles. The number of fused-ring (bicyclic) bond motifs is 3. The van der Waals surface area contributed by atoms with E-state index in [0.717, 1.165) is 22.0 Å². The molecule has 6 rings (SSSR count). The van der Waals surface area contributed by atoms with Crippen molar-refractivity contribution in [3.05, 3.63) is 65.2 Å². The smallest absolute Gasteiger partial charge is 0.414 e. The summed E-state index contributed by atoms with van der Waals surface area (Å²) in [5.74, 6) is 0.723. The first kappa shape index (κ1) is 25.7. The fourth-order valence-electron chi connectivity index (χ4n) is 5.23. The van der Waals surface area contributed by atoms with E-state index >= 15 is 0 Å². The van der Waals surface area contributed by atoms with Crippen LogP contribution in [0.1, 0.15) is 53.0 Å². The van der Waals surface area contributed by atoms with Crippen molar-refractivity contribution in [2.45, 2.75) is 32.3 Å². The Kier molecular flexibility index (Phi) is 6.31. The van der Waals surface area contributed by atoms with Crippen molar-refractivity contribution in [2.24, 2.45) is 4.99 Å². The van der Waals surface area contributed by atoms with Crippen LogP contribution in [0.25, 0.3) is 10.8 Å². The third kappa shape index (κ3) is 4.43. The molecule has 8 nitrogen and oxygen atoms in total. The molecule has 3 aliphatic heterocycles. The van der Waals surface area contributed by atoms with Crippen LogP contribution in [0.5, 0.6) is 5.75 Å². The van der Waals surface area contributed by atoms with Crippen LogP contribution >= 0.6 is 23.4 Å². The summed E-state index contributed by atoms with van der Waals surface area (Å²) < 4.78 is 11.9. The number of aliphatic imine (C=N–C) groups is 1. The molecule has 0 N–H and O–H groups in total. The Balaban J connectivity index is 1.26. The average Bonchev–Trinajstić information content (AvgIpc) is 3.39. The van der Waals surface area contributed by atoms with Gasteiger partial charge >= 0.3 is 6.09 Å². The number of nitrogens with zero attached hydrogens (tertiary/aromatic N) is 3. The van der Waals surface area contributed by atoms with Gasteiger partial charge in [0.1, 0.15) is 11.4 Å². The Morgan fingerprint density at radius 2 is 1.85 bits per heavy atom. The molecule has 39 heavy (non-hydrogen) atoms. The third-order valence-corrected chi connectivity index (χ3v) is 8.03. The molecule has 0 fully saturated rings. The SMILES string of the molecule is CC(C)(C)OC(=O)N1CC(CCl)c2c1cc1c3c(cccc23)N=C(SCCN2C(=O)c3ccccc3C2=O)O1. The maximum Gasteiger partial charge on any atom is 0.414 e. The Hall–Kier alpha value is -3.56. The number of alkyl halides is 1. The van der Waals surface area contributed by atoms with Gasteiger partial charge in [-0.3, -0.25) is 19.4 Å². The number of hydrogen-bond acceptors (Lipinski definition) is 7. The van der Waals surface area contributed by atoms with Crippen LogP contribution in [0.2, 0.25) is 0 Å². The lowest BCUT2D eigenvalue weighted by Gasteiger charge is -2.26. The zero-order valence-electron chi connectivity index (χ0n) is 21.7. The lowest BCUT2D eigenvalue weighted by atomic mass is 9.94. The molecular weight excluding hydrogens is 538 g/mol. The summed E-state index contributed by atoms with van der Waals surface area (Å²) in [5, 5.41) is 2.21. The Labute approximate surface area is 234 Å². The van der Waals surface area contributed by atoms with Crippen LogP contribution < -0.4 is 9.64 Å². The topological polar surface area (TPSA) is 88.5 Å². The number of thioether (sulfide) groups is 1. The standard InChI is InChI=1S/C29H26ClN3O5S/c1-29(2,3)38-28(36)33-15-16(14-30)23-19-9-6-10-20-24(19)22(13-21(23)33)37-27(31-20)39-12-11-32-25(34)17-7-4-5-8-18(17)26(32)35/h4-10,13,16H,11-12,14-15H2,1-3H3. The Morgan fingerprint density at radius 1 is 1.13 bits per heavy atom. The van der Waals surface area contributed by atoms with E-state index < -0.39 is 11.7 Å². The van der Waals surface area contributed by atoms with Crippen molar-refractivity contribution in [2.75, 3.05) is 29.6 Å². The highest BCUT2D eigenvalue weighted by molar-refractivity contribution is 8.13. The maximum atomic E-state index is 13.1. The van der Waals surface area contributed by atoms with Gasteiger partial charge in [-0.25, -0.2) is 9.79 Å². The van der Waals surface area contributed by atoms with Crippen LogP contribution in [0.15, 0.2) is 53.5 Å². The molecule has 3 aromatic rings. The number of rotatable bonds is 4. The first-order valence-electron chi connectivity index (χ1n) is 12.7. The fraction of sp³-hybridized carbons (Fsp3) is 0.310. The fourth-order valence-corrected chi connectivity index (χ4v) is 6.24. The van der Waals surface area contributed by atoms with Gasteiger partial charge in [0.2, 0.25) is 0 Å². The quantitative estimate of drug-likeness (QED) is 0.272. The van der Waals surface area contributed by atoms with Crippen molar-refractivity contribution in [1.29, 1.82) is 0 Å². The summed E-state index contributed by atoms with van der Waals surface area (Å²) in [7, 11) is 0. The number of carbonyl (C=O) groups is 3. The van der Waals surface area contributed by atoms with E-state index in [2.05, 4.69) is 0 Å².